The van der Waals surface area contributed by atoms with E-state index in [0.717, 1.165) is 37.8 Å². The highest BCUT2D eigenvalue weighted by Crippen LogP contribution is 2.15. The van der Waals surface area contributed by atoms with E-state index in [9.17, 15) is 0 Å². The number of imidazole rings is 1. The molecule has 1 atom stereocenters. The Balaban J connectivity index is 1.44. The van der Waals surface area contributed by atoms with Gasteiger partial charge in [-0.05, 0) is 31.4 Å². The topological polar surface area (TPSA) is 63.5 Å². The minimum atomic E-state index is 0.103. The van der Waals surface area contributed by atoms with Crippen LogP contribution in [-0.4, -0.2) is 35.2 Å². The highest BCUT2D eigenvalue weighted by atomic mass is 16.5. The van der Waals surface area contributed by atoms with Gasteiger partial charge in [-0.25, -0.2) is 9.98 Å². The molecule has 164 valence electrons. The predicted octanol–water partition coefficient (Wildman–Crippen LogP) is 4.15. The van der Waals surface area contributed by atoms with Crippen molar-refractivity contribution < 1.29 is 4.74 Å². The zero-order valence-electron chi connectivity index (χ0n) is 18.5. The maximum Gasteiger partial charge on any atom is 0.191 e. The van der Waals surface area contributed by atoms with E-state index < -0.39 is 0 Å². The quantitative estimate of drug-likeness (QED) is 0.278. The summed E-state index contributed by atoms with van der Waals surface area (Å²) < 4.78 is 8.09. The number of nitrogens with one attached hydrogen (secondary N) is 2. The Morgan fingerprint density at radius 1 is 1.06 bits per heavy atom. The van der Waals surface area contributed by atoms with Crippen LogP contribution in [0.3, 0.4) is 0 Å². The van der Waals surface area contributed by atoms with Crippen molar-refractivity contribution >= 4 is 5.96 Å². The maximum absolute atomic E-state index is 5.95. The van der Waals surface area contributed by atoms with E-state index in [2.05, 4.69) is 70.4 Å². The molecule has 2 N–H and O–H groups in total. The van der Waals surface area contributed by atoms with Gasteiger partial charge in [0, 0.05) is 38.6 Å². The van der Waals surface area contributed by atoms with E-state index >= 15 is 0 Å². The molecule has 0 saturated carbocycles. The Hall–Kier alpha value is -3.12. The van der Waals surface area contributed by atoms with Crippen LogP contribution in [-0.2, 0) is 17.8 Å². The lowest BCUT2D eigenvalue weighted by Crippen LogP contribution is -2.38. The number of hydrogen-bond donors (Lipinski definition) is 2. The number of nitrogens with zero attached hydrogens (tertiary/aromatic N) is 3. The lowest BCUT2D eigenvalue weighted by molar-refractivity contribution is 0.0646. The van der Waals surface area contributed by atoms with Gasteiger partial charge < -0.3 is 19.9 Å². The number of ether oxygens (including phenoxy) is 1. The second-order valence-electron chi connectivity index (χ2n) is 7.36. The molecule has 3 rings (SSSR count). The fourth-order valence-electron chi connectivity index (χ4n) is 3.27. The average Bonchev–Trinajstić information content (AvgIpc) is 3.25. The molecule has 0 radical (unpaired) electrons. The summed E-state index contributed by atoms with van der Waals surface area (Å²) in [4.78, 5) is 9.19. The van der Waals surface area contributed by atoms with Crippen LogP contribution in [0.5, 0.6) is 0 Å². The summed E-state index contributed by atoms with van der Waals surface area (Å²) >= 11 is 0. The monoisotopic (exact) mass is 419 g/mol. The molecule has 1 aromatic heterocycles. The molecular formula is C25H33N5O. The minimum absolute atomic E-state index is 0.103. The van der Waals surface area contributed by atoms with E-state index in [4.69, 9.17) is 9.73 Å². The molecule has 6 nitrogen and oxygen atoms in total. The molecule has 3 aromatic rings. The van der Waals surface area contributed by atoms with Crippen molar-refractivity contribution in [3.63, 3.8) is 0 Å². The first-order valence-corrected chi connectivity index (χ1v) is 11.0. The molecule has 0 saturated heterocycles. The molecule has 1 unspecified atom stereocenters. The molecule has 0 aliphatic carbocycles. The summed E-state index contributed by atoms with van der Waals surface area (Å²) in [6.45, 7) is 7.79. The maximum atomic E-state index is 5.95. The summed E-state index contributed by atoms with van der Waals surface area (Å²) in [6.07, 6.45) is 4.85. The smallest absolute Gasteiger partial charge is 0.191 e. The van der Waals surface area contributed by atoms with Crippen LogP contribution in [0.25, 0.3) is 0 Å². The first kappa shape index (κ1) is 22.6. The third-order valence-corrected chi connectivity index (χ3v) is 4.97. The van der Waals surface area contributed by atoms with Gasteiger partial charge in [-0.15, -0.1) is 0 Å². The molecular weight excluding hydrogens is 386 g/mol. The van der Waals surface area contributed by atoms with Crippen LogP contribution < -0.4 is 10.6 Å². The van der Waals surface area contributed by atoms with Gasteiger partial charge in [0.05, 0.1) is 6.10 Å². The van der Waals surface area contributed by atoms with Gasteiger partial charge in [0.25, 0.3) is 0 Å². The first-order valence-electron chi connectivity index (χ1n) is 11.0. The number of hydrogen-bond acceptors (Lipinski definition) is 3. The zero-order valence-corrected chi connectivity index (χ0v) is 18.5. The molecule has 0 aliphatic rings. The van der Waals surface area contributed by atoms with Gasteiger partial charge in [-0.2, -0.15) is 0 Å². The zero-order chi connectivity index (χ0) is 21.7. The highest BCUT2D eigenvalue weighted by molar-refractivity contribution is 5.79. The molecule has 0 fully saturated rings. The third-order valence-electron chi connectivity index (χ3n) is 4.97. The SMILES string of the molecule is CCNC(=NCc1nccn1Cc1ccccc1)NCCCOC(C)c1ccccc1. The lowest BCUT2D eigenvalue weighted by Gasteiger charge is -2.15. The average molecular weight is 420 g/mol. The Kier molecular flexibility index (Phi) is 9.13. The highest BCUT2D eigenvalue weighted by Gasteiger charge is 2.06. The number of benzene rings is 2. The molecule has 0 bridgehead atoms. The van der Waals surface area contributed by atoms with E-state index in [1.54, 1.807) is 0 Å². The van der Waals surface area contributed by atoms with Crippen molar-refractivity contribution in [1.29, 1.82) is 0 Å². The molecule has 1 heterocycles. The second-order valence-corrected chi connectivity index (χ2v) is 7.36. The fraction of sp³-hybridized carbons (Fsp3) is 0.360. The van der Waals surface area contributed by atoms with Crippen LogP contribution in [0, 0.1) is 0 Å². The number of aliphatic imine (C=N–C) groups is 1. The number of guanidine groups is 1. The van der Waals surface area contributed by atoms with Crippen molar-refractivity contribution in [2.45, 2.75) is 39.5 Å². The van der Waals surface area contributed by atoms with Crippen molar-refractivity contribution in [1.82, 2.24) is 20.2 Å². The summed E-state index contributed by atoms with van der Waals surface area (Å²) in [5.74, 6) is 1.74. The summed E-state index contributed by atoms with van der Waals surface area (Å²) in [5.41, 5.74) is 2.46. The third kappa shape index (κ3) is 7.57. The van der Waals surface area contributed by atoms with Gasteiger partial charge in [0.1, 0.15) is 12.4 Å². The summed E-state index contributed by atoms with van der Waals surface area (Å²) in [7, 11) is 0. The predicted molar refractivity (Wildman–Crippen MR) is 126 cm³/mol. The van der Waals surface area contributed by atoms with Gasteiger partial charge in [-0.1, -0.05) is 60.7 Å². The van der Waals surface area contributed by atoms with Crippen LogP contribution in [0.1, 0.15) is 43.3 Å². The van der Waals surface area contributed by atoms with E-state index in [1.165, 1.54) is 11.1 Å². The molecule has 2 aromatic carbocycles. The van der Waals surface area contributed by atoms with E-state index in [1.807, 2.05) is 36.7 Å². The molecule has 0 spiro atoms. The molecule has 6 heteroatoms. The molecule has 0 amide bonds. The minimum Gasteiger partial charge on any atom is -0.374 e. The molecule has 0 aliphatic heterocycles. The normalized spacial score (nSPS) is 12.5. The van der Waals surface area contributed by atoms with Gasteiger partial charge in [0.2, 0.25) is 0 Å². The number of aromatic nitrogens is 2. The standard InChI is InChI=1S/C25H33N5O/c1-3-26-25(28-15-10-18-31-21(2)23-13-8-5-9-14-23)29-19-24-27-16-17-30(24)20-22-11-6-4-7-12-22/h4-9,11-14,16-17,21H,3,10,15,18-20H2,1-2H3,(H2,26,28,29). The van der Waals surface area contributed by atoms with Crippen LogP contribution in [0.2, 0.25) is 0 Å². The largest absolute Gasteiger partial charge is 0.374 e. The second kappa shape index (κ2) is 12.5. The van der Waals surface area contributed by atoms with E-state index in [0.29, 0.717) is 13.2 Å². The fourth-order valence-corrected chi connectivity index (χ4v) is 3.27. The van der Waals surface area contributed by atoms with Crippen LogP contribution >= 0.6 is 0 Å². The van der Waals surface area contributed by atoms with Crippen molar-refractivity contribution in [2.24, 2.45) is 4.99 Å². The first-order chi connectivity index (χ1) is 15.3. The van der Waals surface area contributed by atoms with Crippen molar-refractivity contribution in [3.8, 4) is 0 Å². The Morgan fingerprint density at radius 3 is 2.55 bits per heavy atom. The summed E-state index contributed by atoms with van der Waals surface area (Å²) in [5, 5.41) is 6.69. The van der Waals surface area contributed by atoms with Crippen LogP contribution in [0.4, 0.5) is 0 Å². The Bertz CT molecular complexity index is 908. The van der Waals surface area contributed by atoms with Crippen molar-refractivity contribution in [2.75, 3.05) is 19.7 Å². The summed E-state index contributed by atoms with van der Waals surface area (Å²) in [6, 6.07) is 20.7. The van der Waals surface area contributed by atoms with Crippen LogP contribution in [0.15, 0.2) is 78.0 Å². The van der Waals surface area contributed by atoms with Gasteiger partial charge in [0.15, 0.2) is 5.96 Å². The molecule has 31 heavy (non-hydrogen) atoms. The lowest BCUT2D eigenvalue weighted by atomic mass is 10.1. The Morgan fingerprint density at radius 2 is 1.81 bits per heavy atom. The Labute approximate surface area is 185 Å². The number of rotatable bonds is 11. The van der Waals surface area contributed by atoms with E-state index in [-0.39, 0.29) is 6.10 Å². The van der Waals surface area contributed by atoms with Gasteiger partial charge >= 0.3 is 0 Å². The van der Waals surface area contributed by atoms with Crippen molar-refractivity contribution in [3.05, 3.63) is 90.0 Å². The van der Waals surface area contributed by atoms with Gasteiger partial charge in [-0.3, -0.25) is 0 Å².